The molecule has 0 aromatic rings. The highest BCUT2D eigenvalue weighted by atomic mass is 32.3. The van der Waals surface area contributed by atoms with Crippen LogP contribution in [0.3, 0.4) is 0 Å². The van der Waals surface area contributed by atoms with Crippen LogP contribution < -0.4 is 0 Å². The maximum absolute atomic E-state index is 10.9. The minimum absolute atomic E-state index is 0.911. The van der Waals surface area contributed by atoms with Gasteiger partial charge in [-0.25, -0.2) is 12.5 Å². The Hall–Kier alpha value is -0.510. The van der Waals surface area contributed by atoms with Crippen molar-refractivity contribution in [2.45, 2.75) is 30.7 Å². The van der Waals surface area contributed by atoms with Gasteiger partial charge in [-0.3, -0.25) is 13.7 Å². The minimum Gasteiger partial charge on any atom is -0.387 e. The van der Waals surface area contributed by atoms with Crippen molar-refractivity contribution in [2.24, 2.45) is 0 Å². The molecule has 5 atom stereocenters. The Morgan fingerprint density at radius 1 is 0.880 bits per heavy atom. The van der Waals surface area contributed by atoms with Crippen molar-refractivity contribution in [1.82, 2.24) is 0 Å². The van der Waals surface area contributed by atoms with E-state index in [9.17, 15) is 30.4 Å². The quantitative estimate of drug-likeness (QED) is 0.277. The molecule has 25 heavy (non-hydrogen) atoms. The molecule has 18 heteroatoms. The van der Waals surface area contributed by atoms with Crippen molar-refractivity contribution >= 4 is 31.2 Å². The predicted octanol–water partition coefficient (Wildman–Crippen LogP) is -3.09. The van der Waals surface area contributed by atoms with Gasteiger partial charge < -0.3 is 14.6 Å². The van der Waals surface area contributed by atoms with E-state index in [0.717, 1.165) is 7.11 Å². The monoisotopic (exact) mass is 434 g/mol. The third-order valence-corrected chi connectivity index (χ3v) is 4.06. The van der Waals surface area contributed by atoms with Crippen LogP contribution in [0, 0.1) is 0 Å². The molecule has 0 aromatic heterocycles. The topological polar surface area (TPSA) is 229 Å². The maximum Gasteiger partial charge on any atom is 0.397 e. The summed E-state index contributed by atoms with van der Waals surface area (Å²) in [5, 5.41) is 9.98. The summed E-state index contributed by atoms with van der Waals surface area (Å²) in [6.07, 6.45) is -10.2. The van der Waals surface area contributed by atoms with Crippen molar-refractivity contribution < 1.29 is 66.0 Å². The fraction of sp³-hybridized carbons (Fsp3) is 1.00. The third kappa shape index (κ3) is 7.72. The molecule has 15 nitrogen and oxygen atoms in total. The van der Waals surface area contributed by atoms with Gasteiger partial charge in [0, 0.05) is 7.11 Å². The Bertz CT molecular complexity index is 753. The van der Waals surface area contributed by atoms with E-state index in [-0.39, 0.29) is 0 Å². The van der Waals surface area contributed by atoms with E-state index in [2.05, 4.69) is 17.3 Å². The van der Waals surface area contributed by atoms with Crippen LogP contribution in [0.4, 0.5) is 0 Å². The van der Waals surface area contributed by atoms with Gasteiger partial charge in [-0.2, -0.15) is 25.3 Å². The molecular formula is C7H14O15S3. The molecule has 0 radical (unpaired) electrons. The Morgan fingerprint density at radius 3 is 1.76 bits per heavy atom. The Kier molecular flexibility index (Phi) is 7.23. The van der Waals surface area contributed by atoms with E-state index in [1.807, 2.05) is 0 Å². The van der Waals surface area contributed by atoms with Crippen LogP contribution in [0.1, 0.15) is 0 Å². The minimum atomic E-state index is -5.28. The molecular weight excluding hydrogens is 420 g/mol. The van der Waals surface area contributed by atoms with Gasteiger partial charge in [0.2, 0.25) is 0 Å². The fourth-order valence-corrected chi connectivity index (χ4v) is 3.16. The zero-order valence-electron chi connectivity index (χ0n) is 12.1. The number of rotatable bonds is 8. The highest BCUT2D eigenvalue weighted by Gasteiger charge is 2.51. The van der Waals surface area contributed by atoms with Gasteiger partial charge in [-0.1, -0.05) is 0 Å². The van der Waals surface area contributed by atoms with Crippen molar-refractivity contribution in [3.8, 4) is 0 Å². The van der Waals surface area contributed by atoms with Gasteiger partial charge in [0.05, 0.1) is 6.61 Å². The van der Waals surface area contributed by atoms with Crippen LogP contribution in [0.15, 0.2) is 0 Å². The van der Waals surface area contributed by atoms with Gasteiger partial charge in [0.25, 0.3) is 0 Å². The van der Waals surface area contributed by atoms with Crippen LogP contribution >= 0.6 is 0 Å². The fourth-order valence-electron chi connectivity index (χ4n) is 1.86. The number of hydrogen-bond donors (Lipinski definition) is 4. The van der Waals surface area contributed by atoms with Crippen LogP contribution in [-0.2, 0) is 53.2 Å². The lowest BCUT2D eigenvalue weighted by molar-refractivity contribution is -0.283. The molecule has 0 unspecified atom stereocenters. The first kappa shape index (κ1) is 22.5. The average molecular weight is 434 g/mol. The molecule has 0 aliphatic carbocycles. The lowest BCUT2D eigenvalue weighted by atomic mass is 9.99. The second-order valence-electron chi connectivity index (χ2n) is 4.46. The first-order chi connectivity index (χ1) is 11.1. The molecule has 0 saturated carbocycles. The first-order valence-corrected chi connectivity index (χ1v) is 10.0. The normalized spacial score (nSPS) is 31.8. The lowest BCUT2D eigenvalue weighted by Crippen LogP contribution is -2.61. The molecule has 1 heterocycles. The second kappa shape index (κ2) is 8.02. The van der Waals surface area contributed by atoms with Crippen LogP contribution in [0.25, 0.3) is 0 Å². The summed E-state index contributed by atoms with van der Waals surface area (Å²) in [5.74, 6) is 0. The Morgan fingerprint density at radius 2 is 1.36 bits per heavy atom. The molecule has 1 aliphatic rings. The highest BCUT2D eigenvalue weighted by Crippen LogP contribution is 2.28. The van der Waals surface area contributed by atoms with Gasteiger partial charge in [-0.05, 0) is 0 Å². The molecule has 1 saturated heterocycles. The summed E-state index contributed by atoms with van der Waals surface area (Å²) in [4.78, 5) is 0. The van der Waals surface area contributed by atoms with E-state index in [0.29, 0.717) is 0 Å². The van der Waals surface area contributed by atoms with E-state index in [1.54, 1.807) is 0 Å². The van der Waals surface area contributed by atoms with Gasteiger partial charge >= 0.3 is 31.2 Å². The average Bonchev–Trinajstić information content (AvgIpc) is 2.38. The van der Waals surface area contributed by atoms with E-state index < -0.39 is 68.5 Å². The van der Waals surface area contributed by atoms with E-state index in [1.165, 1.54) is 0 Å². The molecule has 0 bridgehead atoms. The van der Waals surface area contributed by atoms with Crippen molar-refractivity contribution in [1.29, 1.82) is 0 Å². The number of aliphatic hydroxyl groups excluding tert-OH is 1. The molecule has 4 N–H and O–H groups in total. The number of methoxy groups -OCH3 is 1. The van der Waals surface area contributed by atoms with E-state index >= 15 is 0 Å². The molecule has 0 spiro atoms. The summed E-state index contributed by atoms with van der Waals surface area (Å²) in [7, 11) is -14.6. The van der Waals surface area contributed by atoms with Crippen molar-refractivity contribution in [3.05, 3.63) is 0 Å². The second-order valence-corrected chi connectivity index (χ2v) is 7.65. The lowest BCUT2D eigenvalue weighted by Gasteiger charge is -2.41. The SMILES string of the molecule is CO[C@H]1O[C@H](COS(=O)(=O)O)[C@@H](O)[C@H](OS(=O)(=O)O)[C@@H]1OS(=O)(=O)O. The maximum atomic E-state index is 10.9. The third-order valence-electron chi connectivity index (χ3n) is 2.70. The molecule has 0 amide bonds. The zero-order valence-corrected chi connectivity index (χ0v) is 14.5. The summed E-state index contributed by atoms with van der Waals surface area (Å²) in [5.41, 5.74) is 0. The largest absolute Gasteiger partial charge is 0.397 e. The Labute approximate surface area is 142 Å². The highest BCUT2D eigenvalue weighted by molar-refractivity contribution is 7.81. The van der Waals surface area contributed by atoms with Crippen molar-refractivity contribution in [2.75, 3.05) is 13.7 Å². The summed E-state index contributed by atoms with van der Waals surface area (Å²) < 4.78 is 112. The zero-order chi connectivity index (χ0) is 19.6. The first-order valence-electron chi connectivity index (χ1n) is 5.92. The van der Waals surface area contributed by atoms with Crippen LogP contribution in [0.2, 0.25) is 0 Å². The van der Waals surface area contributed by atoms with Crippen LogP contribution in [0.5, 0.6) is 0 Å². The number of ether oxygens (including phenoxy) is 2. The standard InChI is InChI=1S/C7H14O15S3/c1-18-7-6(22-25(15,16)17)5(21-24(12,13)14)4(8)3(20-7)2-19-23(9,10)11/h3-8H,2H2,1H3,(H,9,10,11)(H,12,13,14)(H,15,16,17)/t3-,4-,5+,6+,7+/m1/s1. The van der Waals surface area contributed by atoms with Gasteiger partial charge in [0.1, 0.15) is 18.3 Å². The molecule has 1 aliphatic heterocycles. The van der Waals surface area contributed by atoms with Crippen LogP contribution in [-0.4, -0.2) is 88.4 Å². The number of aliphatic hydroxyl groups is 1. The van der Waals surface area contributed by atoms with Gasteiger partial charge in [0.15, 0.2) is 12.4 Å². The molecule has 1 fully saturated rings. The summed E-state index contributed by atoms with van der Waals surface area (Å²) in [6, 6.07) is 0. The predicted molar refractivity (Wildman–Crippen MR) is 72.0 cm³/mol. The Balaban J connectivity index is 3.17. The number of hydrogen-bond acceptors (Lipinski definition) is 12. The molecule has 0 aromatic carbocycles. The summed E-state index contributed by atoms with van der Waals surface area (Å²) in [6.45, 7) is -1.08. The summed E-state index contributed by atoms with van der Waals surface area (Å²) >= 11 is 0. The molecule has 150 valence electrons. The molecule has 1 rings (SSSR count). The smallest absolute Gasteiger partial charge is 0.387 e. The van der Waals surface area contributed by atoms with Crippen molar-refractivity contribution in [3.63, 3.8) is 0 Å². The van der Waals surface area contributed by atoms with Gasteiger partial charge in [-0.15, -0.1) is 0 Å². The van der Waals surface area contributed by atoms with E-state index in [4.69, 9.17) is 18.4 Å².